The van der Waals surface area contributed by atoms with Crippen molar-refractivity contribution in [3.63, 3.8) is 0 Å². The molecule has 5 nitrogen and oxygen atoms in total. The van der Waals surface area contributed by atoms with Gasteiger partial charge in [-0.3, -0.25) is 4.79 Å². The van der Waals surface area contributed by atoms with E-state index in [4.69, 9.17) is 9.47 Å². The number of aryl methyl sites for hydroxylation is 1. The molecule has 2 aromatic rings. The number of esters is 1. The molecule has 0 aromatic heterocycles. The molecule has 0 aliphatic carbocycles. The smallest absolute Gasteiger partial charge is 0.338 e. The first-order valence-corrected chi connectivity index (χ1v) is 9.08. The van der Waals surface area contributed by atoms with Crippen LogP contribution in [0.1, 0.15) is 35.3 Å². The highest BCUT2D eigenvalue weighted by Crippen LogP contribution is 2.20. The van der Waals surface area contributed by atoms with Crippen LogP contribution in [0.5, 0.6) is 0 Å². The lowest BCUT2D eigenvalue weighted by Crippen LogP contribution is -2.21. The van der Waals surface area contributed by atoms with Crippen LogP contribution in [0, 0.1) is 6.92 Å². The molecule has 26 heavy (non-hydrogen) atoms. The highest BCUT2D eigenvalue weighted by Gasteiger charge is 2.11. The van der Waals surface area contributed by atoms with Crippen LogP contribution in [0.25, 0.3) is 0 Å². The van der Waals surface area contributed by atoms with Crippen molar-refractivity contribution >= 4 is 33.5 Å². The Morgan fingerprint density at radius 3 is 2.42 bits per heavy atom. The van der Waals surface area contributed by atoms with Gasteiger partial charge in [0, 0.05) is 10.2 Å². The van der Waals surface area contributed by atoms with Crippen molar-refractivity contribution in [3.8, 4) is 0 Å². The number of hydrogen-bond acceptors (Lipinski definition) is 4. The van der Waals surface area contributed by atoms with Gasteiger partial charge in [0.15, 0.2) is 6.61 Å². The second-order valence-corrected chi connectivity index (χ2v) is 7.00. The molecule has 2 aromatic carbocycles. The molecule has 0 aliphatic rings. The molecule has 0 saturated heterocycles. The van der Waals surface area contributed by atoms with Gasteiger partial charge in [-0.25, -0.2) is 4.79 Å². The summed E-state index contributed by atoms with van der Waals surface area (Å²) >= 11 is 3.40. The molecular formula is C20H22BrNO4. The van der Waals surface area contributed by atoms with Gasteiger partial charge in [0.2, 0.25) is 0 Å². The van der Waals surface area contributed by atoms with Crippen LogP contribution in [0.15, 0.2) is 46.9 Å². The minimum atomic E-state index is -0.538. The van der Waals surface area contributed by atoms with Gasteiger partial charge in [0.05, 0.1) is 18.3 Å². The molecule has 138 valence electrons. The summed E-state index contributed by atoms with van der Waals surface area (Å²) in [6, 6.07) is 12.4. The van der Waals surface area contributed by atoms with E-state index in [0.717, 1.165) is 15.6 Å². The lowest BCUT2D eigenvalue weighted by atomic mass is 10.1. The largest absolute Gasteiger partial charge is 0.452 e. The number of halogens is 1. The van der Waals surface area contributed by atoms with Crippen LogP contribution in [-0.2, 0) is 20.9 Å². The Bertz CT molecular complexity index is 772. The van der Waals surface area contributed by atoms with E-state index in [1.165, 1.54) is 0 Å². The van der Waals surface area contributed by atoms with Gasteiger partial charge in [-0.2, -0.15) is 0 Å². The molecule has 0 spiro atoms. The van der Waals surface area contributed by atoms with Crippen molar-refractivity contribution in [2.24, 2.45) is 0 Å². The molecule has 0 radical (unpaired) electrons. The van der Waals surface area contributed by atoms with Crippen molar-refractivity contribution in [2.75, 3.05) is 11.9 Å². The molecule has 6 heteroatoms. The number of carbonyl (C=O) groups excluding carboxylic acids is 2. The number of benzene rings is 2. The monoisotopic (exact) mass is 419 g/mol. The second kappa shape index (κ2) is 9.50. The molecule has 0 saturated carbocycles. The summed E-state index contributed by atoms with van der Waals surface area (Å²) in [5, 5.41) is 2.70. The summed E-state index contributed by atoms with van der Waals surface area (Å²) in [6.45, 7) is 6.00. The lowest BCUT2D eigenvalue weighted by Gasteiger charge is -2.09. The highest BCUT2D eigenvalue weighted by atomic mass is 79.9. The van der Waals surface area contributed by atoms with Crippen LogP contribution < -0.4 is 5.32 Å². The first-order valence-electron chi connectivity index (χ1n) is 8.29. The number of amides is 1. The van der Waals surface area contributed by atoms with Crippen LogP contribution in [0.4, 0.5) is 5.69 Å². The number of nitrogens with one attached hydrogen (secondary N) is 1. The van der Waals surface area contributed by atoms with Gasteiger partial charge >= 0.3 is 5.97 Å². The summed E-state index contributed by atoms with van der Waals surface area (Å²) < 4.78 is 11.5. The van der Waals surface area contributed by atoms with Crippen LogP contribution in [0.3, 0.4) is 0 Å². The van der Waals surface area contributed by atoms with Crippen LogP contribution in [-0.4, -0.2) is 24.6 Å². The van der Waals surface area contributed by atoms with E-state index in [1.807, 2.05) is 45.0 Å². The molecular weight excluding hydrogens is 398 g/mol. The third kappa shape index (κ3) is 6.28. The van der Waals surface area contributed by atoms with E-state index < -0.39 is 5.97 Å². The third-order valence-electron chi connectivity index (χ3n) is 3.55. The van der Waals surface area contributed by atoms with E-state index in [9.17, 15) is 9.59 Å². The van der Waals surface area contributed by atoms with Crippen LogP contribution in [0.2, 0.25) is 0 Å². The fourth-order valence-electron chi connectivity index (χ4n) is 2.13. The lowest BCUT2D eigenvalue weighted by molar-refractivity contribution is -0.119. The quantitative estimate of drug-likeness (QED) is 0.671. The molecule has 2 rings (SSSR count). The average Bonchev–Trinajstić information content (AvgIpc) is 2.61. The Morgan fingerprint density at radius 2 is 1.81 bits per heavy atom. The topological polar surface area (TPSA) is 64.6 Å². The second-order valence-electron chi connectivity index (χ2n) is 6.14. The summed E-state index contributed by atoms with van der Waals surface area (Å²) in [6.07, 6.45) is 0.146. The van der Waals surface area contributed by atoms with Crippen LogP contribution >= 0.6 is 15.9 Å². The molecule has 0 atom stereocenters. The standard InChI is InChI=1S/C20H22BrNO4/c1-13(2)25-11-15-4-6-16(7-5-15)20(24)26-12-19(23)22-17-8-9-18(21)14(3)10-17/h4-10,13H,11-12H2,1-3H3,(H,22,23). The molecule has 0 fully saturated rings. The van der Waals surface area contributed by atoms with E-state index in [2.05, 4.69) is 21.2 Å². The minimum absolute atomic E-state index is 0.146. The molecule has 1 amide bonds. The summed E-state index contributed by atoms with van der Waals surface area (Å²) in [4.78, 5) is 24.0. The zero-order chi connectivity index (χ0) is 19.1. The van der Waals surface area contributed by atoms with Crippen molar-refractivity contribution in [2.45, 2.75) is 33.5 Å². The zero-order valence-corrected chi connectivity index (χ0v) is 16.6. The third-order valence-corrected chi connectivity index (χ3v) is 4.44. The van der Waals surface area contributed by atoms with Gasteiger partial charge in [-0.15, -0.1) is 0 Å². The summed E-state index contributed by atoms with van der Waals surface area (Å²) in [5.74, 6) is -0.925. The fourth-order valence-corrected chi connectivity index (χ4v) is 2.38. The van der Waals surface area contributed by atoms with Crippen molar-refractivity contribution in [1.82, 2.24) is 0 Å². The molecule has 0 unspecified atom stereocenters. The van der Waals surface area contributed by atoms with E-state index in [-0.39, 0.29) is 18.6 Å². The minimum Gasteiger partial charge on any atom is -0.452 e. The Kier molecular flexibility index (Phi) is 7.36. The van der Waals surface area contributed by atoms with E-state index in [1.54, 1.807) is 18.2 Å². The summed E-state index contributed by atoms with van der Waals surface area (Å²) in [7, 11) is 0. The van der Waals surface area contributed by atoms with E-state index >= 15 is 0 Å². The maximum absolute atomic E-state index is 12.0. The highest BCUT2D eigenvalue weighted by molar-refractivity contribution is 9.10. The van der Waals surface area contributed by atoms with Crippen molar-refractivity contribution in [1.29, 1.82) is 0 Å². The first-order chi connectivity index (χ1) is 12.3. The number of rotatable bonds is 7. The van der Waals surface area contributed by atoms with Crippen molar-refractivity contribution in [3.05, 3.63) is 63.6 Å². The average molecular weight is 420 g/mol. The SMILES string of the molecule is Cc1cc(NC(=O)COC(=O)c2ccc(COC(C)C)cc2)ccc1Br. The first kappa shape index (κ1) is 20.1. The Balaban J connectivity index is 1.83. The molecule has 1 N–H and O–H groups in total. The maximum atomic E-state index is 12.0. The predicted octanol–water partition coefficient (Wildman–Crippen LogP) is 4.48. The Hall–Kier alpha value is -2.18. The van der Waals surface area contributed by atoms with Gasteiger partial charge in [-0.05, 0) is 62.2 Å². The zero-order valence-electron chi connectivity index (χ0n) is 15.0. The normalized spacial score (nSPS) is 10.7. The molecule has 0 aliphatic heterocycles. The number of ether oxygens (including phenoxy) is 2. The number of hydrogen-bond donors (Lipinski definition) is 1. The van der Waals surface area contributed by atoms with E-state index in [0.29, 0.717) is 17.9 Å². The summed E-state index contributed by atoms with van der Waals surface area (Å²) in [5.41, 5.74) is 3.02. The molecule has 0 heterocycles. The Labute approximate surface area is 161 Å². The Morgan fingerprint density at radius 1 is 1.12 bits per heavy atom. The maximum Gasteiger partial charge on any atom is 0.338 e. The number of anilines is 1. The molecule has 0 bridgehead atoms. The predicted molar refractivity (Wildman–Crippen MR) is 104 cm³/mol. The van der Waals surface area contributed by atoms with Crippen molar-refractivity contribution < 1.29 is 19.1 Å². The van der Waals surface area contributed by atoms with Gasteiger partial charge in [-0.1, -0.05) is 28.1 Å². The number of carbonyl (C=O) groups is 2. The van der Waals surface area contributed by atoms with Gasteiger partial charge in [0.25, 0.3) is 5.91 Å². The van der Waals surface area contributed by atoms with Gasteiger partial charge < -0.3 is 14.8 Å². The van der Waals surface area contributed by atoms with Gasteiger partial charge in [0.1, 0.15) is 0 Å². The fraction of sp³-hybridized carbons (Fsp3) is 0.300.